The van der Waals surface area contributed by atoms with Crippen LogP contribution < -0.4 is 0 Å². The number of halogens is 2. The van der Waals surface area contributed by atoms with Gasteiger partial charge in [-0.15, -0.1) is 0 Å². The molecule has 0 saturated carbocycles. The van der Waals surface area contributed by atoms with E-state index in [2.05, 4.69) is 9.97 Å². The maximum absolute atomic E-state index is 5.83. The molecule has 2 rings (SSSR count). The number of rotatable bonds is 0. The van der Waals surface area contributed by atoms with E-state index in [1.54, 1.807) is 12.4 Å². The summed E-state index contributed by atoms with van der Waals surface area (Å²) in [6, 6.07) is 1.82. The average molecular weight is 187 g/mol. The molecule has 0 bridgehead atoms. The molecular weight excluding hydrogens is 183 g/mol. The molecule has 0 aromatic carbocycles. The normalized spacial score (nSPS) is 10.7. The first-order chi connectivity index (χ1) is 5.29. The lowest BCUT2D eigenvalue weighted by Crippen LogP contribution is -1.74. The van der Waals surface area contributed by atoms with E-state index < -0.39 is 0 Å². The molecule has 56 valence electrons. The Morgan fingerprint density at radius 2 is 2.18 bits per heavy atom. The van der Waals surface area contributed by atoms with Crippen molar-refractivity contribution in [1.82, 2.24) is 9.97 Å². The van der Waals surface area contributed by atoms with Crippen molar-refractivity contribution in [3.05, 3.63) is 28.6 Å². The zero-order chi connectivity index (χ0) is 7.84. The highest BCUT2D eigenvalue weighted by Crippen LogP contribution is 2.25. The summed E-state index contributed by atoms with van der Waals surface area (Å²) in [5, 5.41) is 2.03. The molecule has 1 N–H and O–H groups in total. The van der Waals surface area contributed by atoms with Gasteiger partial charge in [-0.05, 0) is 6.07 Å². The third kappa shape index (κ3) is 0.988. The van der Waals surface area contributed by atoms with Crippen molar-refractivity contribution in [1.29, 1.82) is 0 Å². The maximum Gasteiger partial charge on any atom is 0.153 e. The van der Waals surface area contributed by atoms with Gasteiger partial charge in [-0.3, -0.25) is 0 Å². The second-order valence-electron chi connectivity index (χ2n) is 2.16. The van der Waals surface area contributed by atoms with Crippen LogP contribution in [0, 0.1) is 0 Å². The Morgan fingerprint density at radius 1 is 1.36 bits per heavy atom. The van der Waals surface area contributed by atoms with Crippen LogP contribution in [-0.2, 0) is 0 Å². The average Bonchev–Trinajstić information content (AvgIpc) is 2.35. The molecule has 2 heterocycles. The van der Waals surface area contributed by atoms with Gasteiger partial charge in [-0.1, -0.05) is 23.2 Å². The zero-order valence-corrected chi connectivity index (χ0v) is 6.95. The minimum atomic E-state index is 0.453. The second kappa shape index (κ2) is 2.40. The van der Waals surface area contributed by atoms with E-state index in [0.717, 1.165) is 10.9 Å². The number of nitrogens with one attached hydrogen (secondary N) is 1. The Balaban J connectivity index is 2.94. The van der Waals surface area contributed by atoms with Gasteiger partial charge in [0.1, 0.15) is 0 Å². The molecule has 0 fully saturated rings. The quantitative estimate of drug-likeness (QED) is 0.631. The second-order valence-corrected chi connectivity index (χ2v) is 2.93. The fourth-order valence-electron chi connectivity index (χ4n) is 0.986. The smallest absolute Gasteiger partial charge is 0.153 e. The summed E-state index contributed by atoms with van der Waals surface area (Å²) >= 11 is 11.6. The summed E-state index contributed by atoms with van der Waals surface area (Å²) in [5.74, 6) is 0. The van der Waals surface area contributed by atoms with E-state index in [1.807, 2.05) is 6.07 Å². The first-order valence-corrected chi connectivity index (χ1v) is 3.82. The van der Waals surface area contributed by atoms with Crippen LogP contribution in [0.25, 0.3) is 10.9 Å². The van der Waals surface area contributed by atoms with Crippen LogP contribution in [0.3, 0.4) is 0 Å². The molecule has 2 aromatic rings. The van der Waals surface area contributed by atoms with Crippen LogP contribution in [0.4, 0.5) is 0 Å². The van der Waals surface area contributed by atoms with E-state index in [0.29, 0.717) is 10.2 Å². The number of H-pyrrole nitrogens is 1. The highest BCUT2D eigenvalue weighted by atomic mass is 35.5. The lowest BCUT2D eigenvalue weighted by Gasteiger charge is -1.90. The molecule has 0 aliphatic heterocycles. The first-order valence-electron chi connectivity index (χ1n) is 3.06. The molecule has 11 heavy (non-hydrogen) atoms. The van der Waals surface area contributed by atoms with Crippen LogP contribution in [0.2, 0.25) is 10.2 Å². The number of pyridine rings is 1. The van der Waals surface area contributed by atoms with Gasteiger partial charge in [0.25, 0.3) is 0 Å². The molecule has 2 aromatic heterocycles. The summed E-state index contributed by atoms with van der Waals surface area (Å²) in [7, 11) is 0. The predicted molar refractivity (Wildman–Crippen MR) is 46.1 cm³/mol. The highest BCUT2D eigenvalue weighted by Gasteiger charge is 2.03. The van der Waals surface area contributed by atoms with Gasteiger partial charge in [0.05, 0.1) is 10.5 Å². The van der Waals surface area contributed by atoms with Crippen molar-refractivity contribution < 1.29 is 0 Å². The number of aromatic nitrogens is 2. The van der Waals surface area contributed by atoms with E-state index in [9.17, 15) is 0 Å². The van der Waals surface area contributed by atoms with Crippen molar-refractivity contribution >= 4 is 34.1 Å². The number of hydrogen-bond acceptors (Lipinski definition) is 1. The van der Waals surface area contributed by atoms with Crippen LogP contribution in [-0.4, -0.2) is 9.97 Å². The fraction of sp³-hybridized carbons (Fsp3) is 0. The molecule has 0 saturated heterocycles. The Kier molecular flexibility index (Phi) is 1.51. The van der Waals surface area contributed by atoms with Crippen molar-refractivity contribution in [3.63, 3.8) is 0 Å². The molecule has 4 heteroatoms. The molecule has 0 aliphatic carbocycles. The van der Waals surface area contributed by atoms with E-state index >= 15 is 0 Å². The monoisotopic (exact) mass is 186 g/mol. The molecule has 0 amide bonds. The highest BCUT2D eigenvalue weighted by molar-refractivity contribution is 6.38. The van der Waals surface area contributed by atoms with Gasteiger partial charge in [-0.25, -0.2) is 4.98 Å². The Hall–Kier alpha value is -0.730. The van der Waals surface area contributed by atoms with Crippen LogP contribution in [0.15, 0.2) is 18.5 Å². The van der Waals surface area contributed by atoms with Crippen molar-refractivity contribution in [2.75, 3.05) is 0 Å². The lowest BCUT2D eigenvalue weighted by atomic mass is 10.3. The number of aromatic amines is 1. The number of hydrogen-bond donors (Lipinski definition) is 1. The molecule has 0 spiro atoms. The predicted octanol–water partition coefficient (Wildman–Crippen LogP) is 2.87. The standard InChI is InChI=1S/C7H4Cl2N2/c8-5-3-11-6-4(5)1-2-10-7(6)9/h1-3,11H. The third-order valence-electron chi connectivity index (χ3n) is 1.51. The maximum atomic E-state index is 5.83. The summed E-state index contributed by atoms with van der Waals surface area (Å²) in [5.41, 5.74) is 0.791. The van der Waals surface area contributed by atoms with Gasteiger partial charge in [-0.2, -0.15) is 0 Å². The number of fused-ring (bicyclic) bond motifs is 1. The Labute approximate surface area is 73.1 Å². The molecule has 2 nitrogen and oxygen atoms in total. The van der Waals surface area contributed by atoms with Gasteiger partial charge in [0.2, 0.25) is 0 Å². The fourth-order valence-corrected chi connectivity index (χ4v) is 1.41. The van der Waals surface area contributed by atoms with Crippen LogP contribution >= 0.6 is 23.2 Å². The molecule has 0 atom stereocenters. The van der Waals surface area contributed by atoms with Crippen molar-refractivity contribution in [2.45, 2.75) is 0 Å². The minimum absolute atomic E-state index is 0.453. The Bertz CT molecular complexity index is 394. The zero-order valence-electron chi connectivity index (χ0n) is 5.44. The molecular formula is C7H4Cl2N2. The summed E-state index contributed by atoms with van der Waals surface area (Å²) < 4.78 is 0. The van der Waals surface area contributed by atoms with Gasteiger partial charge < -0.3 is 4.98 Å². The minimum Gasteiger partial charge on any atom is -0.357 e. The van der Waals surface area contributed by atoms with E-state index in [4.69, 9.17) is 23.2 Å². The molecule has 0 radical (unpaired) electrons. The summed E-state index contributed by atoms with van der Waals surface area (Å²) in [6.45, 7) is 0. The van der Waals surface area contributed by atoms with Crippen LogP contribution in [0.5, 0.6) is 0 Å². The largest absolute Gasteiger partial charge is 0.357 e. The van der Waals surface area contributed by atoms with Gasteiger partial charge in [0, 0.05) is 17.8 Å². The first kappa shape index (κ1) is 6.95. The SMILES string of the molecule is Clc1c[nH]c2c(Cl)nccc12. The summed E-state index contributed by atoms with van der Waals surface area (Å²) in [6.07, 6.45) is 3.32. The summed E-state index contributed by atoms with van der Waals surface area (Å²) in [4.78, 5) is 6.83. The molecule has 0 unspecified atom stereocenters. The number of nitrogens with zero attached hydrogens (tertiary/aromatic N) is 1. The topological polar surface area (TPSA) is 28.7 Å². The Morgan fingerprint density at radius 3 is 2.91 bits per heavy atom. The van der Waals surface area contributed by atoms with Gasteiger partial charge >= 0.3 is 0 Å². The van der Waals surface area contributed by atoms with E-state index in [-0.39, 0.29) is 0 Å². The van der Waals surface area contributed by atoms with Gasteiger partial charge in [0.15, 0.2) is 5.15 Å². The van der Waals surface area contributed by atoms with Crippen molar-refractivity contribution in [2.24, 2.45) is 0 Å². The van der Waals surface area contributed by atoms with Crippen molar-refractivity contribution in [3.8, 4) is 0 Å². The van der Waals surface area contributed by atoms with Crippen LogP contribution in [0.1, 0.15) is 0 Å². The third-order valence-corrected chi connectivity index (χ3v) is 2.10. The molecule has 0 aliphatic rings. The van der Waals surface area contributed by atoms with E-state index in [1.165, 1.54) is 0 Å². The lowest BCUT2D eigenvalue weighted by molar-refractivity contribution is 1.34.